The van der Waals surface area contributed by atoms with Gasteiger partial charge in [-0.25, -0.2) is 0 Å². The van der Waals surface area contributed by atoms with Gasteiger partial charge in [0.1, 0.15) is 11.5 Å². The minimum absolute atomic E-state index is 0.0520. The van der Waals surface area contributed by atoms with Crippen molar-refractivity contribution in [2.75, 3.05) is 7.11 Å². The smallest absolute Gasteiger partial charge is 0.189 e. The van der Waals surface area contributed by atoms with E-state index in [0.29, 0.717) is 17.1 Å². The van der Waals surface area contributed by atoms with Crippen LogP contribution < -0.4 is 9.47 Å². The predicted octanol–water partition coefficient (Wildman–Crippen LogP) is 4.38. The molecule has 0 spiro atoms. The Morgan fingerprint density at radius 2 is 1.82 bits per heavy atom. The second-order valence-electron chi connectivity index (χ2n) is 5.14. The molecule has 0 atom stereocenters. The lowest BCUT2D eigenvalue weighted by atomic mass is 10.1. The molecule has 0 saturated heterocycles. The van der Waals surface area contributed by atoms with Gasteiger partial charge in [0.05, 0.1) is 18.8 Å². The van der Waals surface area contributed by atoms with E-state index < -0.39 is 0 Å². The summed E-state index contributed by atoms with van der Waals surface area (Å²) < 4.78 is 10.9. The maximum Gasteiger partial charge on any atom is 0.189 e. The molecule has 0 unspecified atom stereocenters. The van der Waals surface area contributed by atoms with Crippen LogP contribution in [-0.2, 0) is 0 Å². The molecule has 0 aliphatic rings. The number of carbonyl (C=O) groups excluding carboxylic acids is 1. The van der Waals surface area contributed by atoms with Crippen LogP contribution in [0.5, 0.6) is 11.5 Å². The second kappa shape index (κ2) is 7.46. The SMILES string of the molecule is COc1ccc(OC(C)C)cc1C(=O)/C=C/c1ccccc1. The highest BCUT2D eigenvalue weighted by molar-refractivity contribution is 6.08. The standard InChI is InChI=1S/C19H20O3/c1-14(2)22-16-10-12-19(21-3)17(13-16)18(20)11-9-15-7-5-4-6-8-15/h4-14H,1-3H3/b11-9+. The maximum absolute atomic E-state index is 12.4. The Morgan fingerprint density at radius 1 is 1.09 bits per heavy atom. The molecule has 114 valence electrons. The lowest BCUT2D eigenvalue weighted by Gasteiger charge is -2.12. The van der Waals surface area contributed by atoms with E-state index in [9.17, 15) is 4.79 Å². The topological polar surface area (TPSA) is 35.5 Å². The summed E-state index contributed by atoms with van der Waals surface area (Å²) in [7, 11) is 1.55. The number of methoxy groups -OCH3 is 1. The van der Waals surface area contributed by atoms with Crippen molar-refractivity contribution < 1.29 is 14.3 Å². The van der Waals surface area contributed by atoms with Gasteiger partial charge in [-0.05, 0) is 43.7 Å². The highest BCUT2D eigenvalue weighted by Crippen LogP contribution is 2.25. The predicted molar refractivity (Wildman–Crippen MR) is 88.6 cm³/mol. The highest BCUT2D eigenvalue weighted by Gasteiger charge is 2.12. The molecule has 3 nitrogen and oxygen atoms in total. The molecule has 3 heteroatoms. The number of rotatable bonds is 6. The van der Waals surface area contributed by atoms with E-state index in [1.54, 1.807) is 37.5 Å². The minimum Gasteiger partial charge on any atom is -0.496 e. The molecule has 0 N–H and O–H groups in total. The van der Waals surface area contributed by atoms with Crippen LogP contribution in [0.1, 0.15) is 29.8 Å². The third-order valence-electron chi connectivity index (χ3n) is 3.03. The lowest BCUT2D eigenvalue weighted by Crippen LogP contribution is -2.07. The van der Waals surface area contributed by atoms with Gasteiger partial charge in [-0.1, -0.05) is 36.4 Å². The van der Waals surface area contributed by atoms with Crippen LogP contribution in [0.25, 0.3) is 6.08 Å². The van der Waals surface area contributed by atoms with Crippen LogP contribution >= 0.6 is 0 Å². The van der Waals surface area contributed by atoms with Gasteiger partial charge >= 0.3 is 0 Å². The molecule has 0 bridgehead atoms. The molecule has 0 heterocycles. The minimum atomic E-state index is -0.116. The zero-order valence-corrected chi connectivity index (χ0v) is 13.1. The van der Waals surface area contributed by atoms with Crippen molar-refractivity contribution in [3.8, 4) is 11.5 Å². The van der Waals surface area contributed by atoms with Crippen LogP contribution in [0, 0.1) is 0 Å². The van der Waals surface area contributed by atoms with Gasteiger partial charge in [0, 0.05) is 0 Å². The lowest BCUT2D eigenvalue weighted by molar-refractivity contribution is 0.104. The first-order valence-corrected chi connectivity index (χ1v) is 7.22. The Labute approximate surface area is 131 Å². The monoisotopic (exact) mass is 296 g/mol. The van der Waals surface area contributed by atoms with Gasteiger partial charge in [0.25, 0.3) is 0 Å². The van der Waals surface area contributed by atoms with E-state index in [4.69, 9.17) is 9.47 Å². The number of ether oxygens (including phenoxy) is 2. The average molecular weight is 296 g/mol. The third kappa shape index (κ3) is 4.22. The largest absolute Gasteiger partial charge is 0.496 e. The number of ketones is 1. The van der Waals surface area contributed by atoms with Crippen molar-refractivity contribution in [2.45, 2.75) is 20.0 Å². The normalized spacial score (nSPS) is 10.9. The van der Waals surface area contributed by atoms with Crippen molar-refractivity contribution in [3.63, 3.8) is 0 Å². The Morgan fingerprint density at radius 3 is 2.45 bits per heavy atom. The fraction of sp³-hybridized carbons (Fsp3) is 0.211. The number of benzene rings is 2. The fourth-order valence-corrected chi connectivity index (χ4v) is 2.05. The Balaban J connectivity index is 2.25. The van der Waals surface area contributed by atoms with Crippen molar-refractivity contribution >= 4 is 11.9 Å². The fourth-order valence-electron chi connectivity index (χ4n) is 2.05. The molecular weight excluding hydrogens is 276 g/mol. The van der Waals surface area contributed by atoms with Crippen LogP contribution in [-0.4, -0.2) is 19.0 Å². The van der Waals surface area contributed by atoms with Crippen molar-refractivity contribution in [3.05, 3.63) is 65.7 Å². The summed E-state index contributed by atoms with van der Waals surface area (Å²) in [6.45, 7) is 3.89. The Hall–Kier alpha value is -2.55. The number of allylic oxidation sites excluding steroid dienone is 1. The van der Waals surface area contributed by atoms with E-state index in [2.05, 4.69) is 0 Å². The Bertz CT molecular complexity index is 658. The molecule has 0 aliphatic carbocycles. The molecule has 0 aliphatic heterocycles. The zero-order chi connectivity index (χ0) is 15.9. The molecule has 0 amide bonds. The van der Waals surface area contributed by atoms with E-state index in [1.165, 1.54) is 0 Å². The van der Waals surface area contributed by atoms with E-state index in [1.807, 2.05) is 44.2 Å². The molecule has 0 fully saturated rings. The van der Waals surface area contributed by atoms with Crippen LogP contribution in [0.15, 0.2) is 54.6 Å². The summed E-state index contributed by atoms with van der Waals surface area (Å²) in [5.41, 5.74) is 1.47. The van der Waals surface area contributed by atoms with Gasteiger partial charge in [-0.3, -0.25) is 4.79 Å². The summed E-state index contributed by atoms with van der Waals surface area (Å²) in [4.78, 5) is 12.4. The number of carbonyl (C=O) groups is 1. The van der Waals surface area contributed by atoms with Gasteiger partial charge in [-0.15, -0.1) is 0 Å². The van der Waals surface area contributed by atoms with Gasteiger partial charge in [0.15, 0.2) is 5.78 Å². The maximum atomic E-state index is 12.4. The van der Waals surface area contributed by atoms with Crippen molar-refractivity contribution in [2.24, 2.45) is 0 Å². The van der Waals surface area contributed by atoms with Crippen molar-refractivity contribution in [1.29, 1.82) is 0 Å². The third-order valence-corrected chi connectivity index (χ3v) is 3.03. The van der Waals surface area contributed by atoms with Gasteiger partial charge in [0.2, 0.25) is 0 Å². The molecular formula is C19H20O3. The van der Waals surface area contributed by atoms with E-state index in [-0.39, 0.29) is 11.9 Å². The molecule has 2 aromatic rings. The quantitative estimate of drug-likeness (QED) is 0.586. The van der Waals surface area contributed by atoms with E-state index in [0.717, 1.165) is 5.56 Å². The molecule has 2 rings (SSSR count). The van der Waals surface area contributed by atoms with Crippen molar-refractivity contribution in [1.82, 2.24) is 0 Å². The summed E-state index contributed by atoms with van der Waals surface area (Å²) in [5, 5.41) is 0. The van der Waals surface area contributed by atoms with E-state index >= 15 is 0 Å². The molecule has 0 saturated carbocycles. The van der Waals surface area contributed by atoms with Gasteiger partial charge in [-0.2, -0.15) is 0 Å². The molecule has 0 radical (unpaired) electrons. The number of hydrogen-bond donors (Lipinski definition) is 0. The van der Waals surface area contributed by atoms with Crippen LogP contribution in [0.4, 0.5) is 0 Å². The summed E-state index contributed by atoms with van der Waals surface area (Å²) in [5.74, 6) is 1.08. The van der Waals surface area contributed by atoms with Crippen LogP contribution in [0.2, 0.25) is 0 Å². The van der Waals surface area contributed by atoms with Gasteiger partial charge < -0.3 is 9.47 Å². The first kappa shape index (κ1) is 15.8. The molecule has 0 aromatic heterocycles. The number of hydrogen-bond acceptors (Lipinski definition) is 3. The highest BCUT2D eigenvalue weighted by atomic mass is 16.5. The second-order valence-corrected chi connectivity index (χ2v) is 5.14. The first-order chi connectivity index (χ1) is 10.6. The summed E-state index contributed by atoms with van der Waals surface area (Å²) in [6.07, 6.45) is 3.39. The summed E-state index contributed by atoms with van der Waals surface area (Å²) in [6, 6.07) is 15.0. The molecule has 2 aromatic carbocycles. The van der Waals surface area contributed by atoms with Crippen LogP contribution in [0.3, 0.4) is 0 Å². The zero-order valence-electron chi connectivity index (χ0n) is 13.1. The first-order valence-electron chi connectivity index (χ1n) is 7.22. The average Bonchev–Trinajstić information content (AvgIpc) is 2.53. The molecule has 22 heavy (non-hydrogen) atoms. The Kier molecular flexibility index (Phi) is 5.37. The summed E-state index contributed by atoms with van der Waals surface area (Å²) >= 11 is 0.